The number of anilines is 1. The van der Waals surface area contributed by atoms with Gasteiger partial charge in [-0.2, -0.15) is 9.61 Å². The lowest BCUT2D eigenvalue weighted by molar-refractivity contribution is -0.116. The average Bonchev–Trinajstić information content (AvgIpc) is 3.41. The molecule has 0 aromatic carbocycles. The molecule has 2 amide bonds. The average molecular weight is 500 g/mol. The van der Waals surface area contributed by atoms with Crippen LogP contribution < -0.4 is 10.9 Å². The Bertz CT molecular complexity index is 1470. The molecule has 0 radical (unpaired) electrons. The number of aromatic nitrogens is 4. The normalized spacial score (nSPS) is 17.0. The summed E-state index contributed by atoms with van der Waals surface area (Å²) in [5.74, 6) is -4.18. The lowest BCUT2D eigenvalue weighted by atomic mass is 9.94. The van der Waals surface area contributed by atoms with E-state index in [0.717, 1.165) is 16.8 Å². The molecule has 3 aromatic rings. The quantitative estimate of drug-likeness (QED) is 0.580. The van der Waals surface area contributed by atoms with Crippen LogP contribution in [-0.4, -0.2) is 47.8 Å². The Morgan fingerprint density at radius 2 is 2.03 bits per heavy atom. The van der Waals surface area contributed by atoms with E-state index in [0.29, 0.717) is 11.3 Å². The number of nitrogens with zero attached hydrogens (tertiary/aromatic N) is 5. The van der Waals surface area contributed by atoms with Gasteiger partial charge in [-0.25, -0.2) is 18.2 Å². The number of hydrogen-bond donors (Lipinski definition) is 1. The molecule has 0 unspecified atom stereocenters. The van der Waals surface area contributed by atoms with Crippen molar-refractivity contribution in [3.8, 4) is 0 Å². The Kier molecular flexibility index (Phi) is 5.68. The zero-order valence-electron chi connectivity index (χ0n) is 19.6. The molecule has 0 saturated heterocycles. The molecule has 36 heavy (non-hydrogen) atoms. The van der Waals surface area contributed by atoms with Crippen molar-refractivity contribution in [3.05, 3.63) is 63.6 Å². The van der Waals surface area contributed by atoms with E-state index < -0.39 is 35.5 Å². The van der Waals surface area contributed by atoms with Gasteiger partial charge in [0.05, 0.1) is 24.0 Å². The second-order valence-electron chi connectivity index (χ2n) is 9.24. The fourth-order valence-corrected chi connectivity index (χ4v) is 4.52. The number of amides is 2. The Morgan fingerprint density at radius 1 is 1.25 bits per heavy atom. The highest BCUT2D eigenvalue weighted by atomic mass is 19.3. The van der Waals surface area contributed by atoms with Gasteiger partial charge in [-0.15, -0.1) is 0 Å². The van der Waals surface area contributed by atoms with E-state index >= 15 is 0 Å². The lowest BCUT2D eigenvalue weighted by Gasteiger charge is -2.20. The molecule has 0 spiro atoms. The molecule has 0 fully saturated rings. The van der Waals surface area contributed by atoms with E-state index in [1.165, 1.54) is 27.7 Å². The third-order valence-electron chi connectivity index (χ3n) is 6.42. The minimum atomic E-state index is -2.79. The van der Waals surface area contributed by atoms with E-state index in [-0.39, 0.29) is 54.7 Å². The second kappa shape index (κ2) is 8.61. The molecule has 4 heterocycles. The summed E-state index contributed by atoms with van der Waals surface area (Å²) in [6.45, 7) is 3.34. The summed E-state index contributed by atoms with van der Waals surface area (Å²) >= 11 is 0. The SMILES string of the molecule is CC(C)N1Cc2c(n(CC(=O)Nc3ccc(F)cn3)c3cc(C4=CCC(F)(F)CC4)nn3c2=O)C1=O. The number of allylic oxidation sites excluding steroid dienone is 2. The smallest absolute Gasteiger partial charge is 0.280 e. The van der Waals surface area contributed by atoms with Gasteiger partial charge in [0.25, 0.3) is 17.4 Å². The summed E-state index contributed by atoms with van der Waals surface area (Å²) in [6.07, 6.45) is 1.70. The van der Waals surface area contributed by atoms with Gasteiger partial charge in [0, 0.05) is 24.9 Å². The molecule has 0 bridgehead atoms. The van der Waals surface area contributed by atoms with Gasteiger partial charge in [0.1, 0.15) is 29.5 Å². The number of nitrogens with one attached hydrogen (secondary N) is 1. The zero-order chi connectivity index (χ0) is 25.8. The van der Waals surface area contributed by atoms with Gasteiger partial charge in [0.2, 0.25) is 5.91 Å². The number of halogens is 3. The number of fused-ring (bicyclic) bond motifs is 2. The molecule has 0 saturated carbocycles. The maximum absolute atomic E-state index is 13.6. The van der Waals surface area contributed by atoms with E-state index in [9.17, 15) is 27.6 Å². The van der Waals surface area contributed by atoms with Crippen molar-refractivity contribution in [2.45, 2.75) is 58.2 Å². The number of rotatable bonds is 5. The van der Waals surface area contributed by atoms with E-state index in [1.807, 2.05) is 13.8 Å². The molecule has 1 aliphatic heterocycles. The number of carbonyl (C=O) groups excluding carboxylic acids is 2. The van der Waals surface area contributed by atoms with Crippen molar-refractivity contribution >= 4 is 28.9 Å². The summed E-state index contributed by atoms with van der Waals surface area (Å²) in [6, 6.07) is 3.79. The monoisotopic (exact) mass is 500 g/mol. The summed E-state index contributed by atoms with van der Waals surface area (Å²) in [7, 11) is 0. The highest BCUT2D eigenvalue weighted by Gasteiger charge is 2.37. The van der Waals surface area contributed by atoms with Crippen LogP contribution in [-0.2, 0) is 17.9 Å². The van der Waals surface area contributed by atoms with Crippen LogP contribution in [0.25, 0.3) is 11.2 Å². The third kappa shape index (κ3) is 4.16. The second-order valence-corrected chi connectivity index (χ2v) is 9.24. The van der Waals surface area contributed by atoms with Crippen molar-refractivity contribution in [3.63, 3.8) is 0 Å². The summed E-state index contributed by atoms with van der Waals surface area (Å²) in [5, 5.41) is 6.92. The Morgan fingerprint density at radius 3 is 2.67 bits per heavy atom. The predicted molar refractivity (Wildman–Crippen MR) is 124 cm³/mol. The van der Waals surface area contributed by atoms with Crippen molar-refractivity contribution in [1.82, 2.24) is 24.1 Å². The highest BCUT2D eigenvalue weighted by molar-refractivity contribution is 5.98. The fourth-order valence-electron chi connectivity index (χ4n) is 4.52. The van der Waals surface area contributed by atoms with E-state index in [1.54, 1.807) is 0 Å². The van der Waals surface area contributed by atoms with E-state index in [4.69, 9.17) is 0 Å². The summed E-state index contributed by atoms with van der Waals surface area (Å²) < 4.78 is 43.0. The van der Waals surface area contributed by atoms with Crippen LogP contribution in [0.3, 0.4) is 0 Å². The van der Waals surface area contributed by atoms with Crippen LogP contribution in [0.5, 0.6) is 0 Å². The predicted octanol–water partition coefficient (Wildman–Crippen LogP) is 3.24. The summed E-state index contributed by atoms with van der Waals surface area (Å²) in [4.78, 5) is 44.8. The van der Waals surface area contributed by atoms with Crippen molar-refractivity contribution in [2.24, 2.45) is 0 Å². The maximum atomic E-state index is 13.6. The first-order valence-corrected chi connectivity index (χ1v) is 11.5. The molecule has 9 nitrogen and oxygen atoms in total. The Balaban J connectivity index is 1.60. The van der Waals surface area contributed by atoms with E-state index in [2.05, 4.69) is 15.4 Å². The Hall–Kier alpha value is -3.96. The first-order valence-electron chi connectivity index (χ1n) is 11.5. The van der Waals surface area contributed by atoms with Crippen LogP contribution in [0.4, 0.5) is 19.0 Å². The number of alkyl halides is 2. The van der Waals surface area contributed by atoms with Crippen molar-refractivity contribution < 1.29 is 22.8 Å². The molecule has 5 rings (SSSR count). The minimum absolute atomic E-state index is 0.0614. The molecule has 12 heteroatoms. The maximum Gasteiger partial charge on any atom is 0.280 e. The molecule has 188 valence electrons. The first kappa shape index (κ1) is 23.8. The standard InChI is InChI=1S/C24H23F3N6O3/c1-13(2)31-11-16-21(23(31)36)32(12-19(34)29-18-4-3-15(25)10-28-18)20-9-17(30-33(20)22(16)35)14-5-7-24(26,27)8-6-14/h3-5,9-10,13H,6-8,11-12H2,1-2H3,(H,28,29,34). The highest BCUT2D eigenvalue weighted by Crippen LogP contribution is 2.36. The lowest BCUT2D eigenvalue weighted by Crippen LogP contribution is -2.32. The van der Waals surface area contributed by atoms with Gasteiger partial charge in [-0.1, -0.05) is 6.08 Å². The van der Waals surface area contributed by atoms with Crippen LogP contribution >= 0.6 is 0 Å². The zero-order valence-corrected chi connectivity index (χ0v) is 19.6. The van der Waals surface area contributed by atoms with Crippen LogP contribution in [0, 0.1) is 5.82 Å². The molecular weight excluding hydrogens is 477 g/mol. The number of carbonyl (C=O) groups is 2. The van der Waals surface area contributed by atoms with Crippen molar-refractivity contribution in [2.75, 3.05) is 5.32 Å². The molecule has 3 aromatic heterocycles. The molecular formula is C24H23F3N6O3. The molecule has 1 N–H and O–H groups in total. The Labute approximate surface area is 203 Å². The van der Waals surface area contributed by atoms with Crippen LogP contribution in [0.1, 0.15) is 54.9 Å². The van der Waals surface area contributed by atoms with Gasteiger partial charge in [-0.3, -0.25) is 14.4 Å². The third-order valence-corrected chi connectivity index (χ3v) is 6.42. The van der Waals surface area contributed by atoms with Crippen LogP contribution in [0.15, 0.2) is 35.3 Å². The van der Waals surface area contributed by atoms with Gasteiger partial charge >= 0.3 is 0 Å². The van der Waals surface area contributed by atoms with Crippen molar-refractivity contribution in [1.29, 1.82) is 0 Å². The molecule has 2 aliphatic rings. The van der Waals surface area contributed by atoms with Gasteiger partial charge in [-0.05, 0) is 38.0 Å². The largest absolute Gasteiger partial charge is 0.330 e. The fraction of sp³-hybridized carbons (Fsp3) is 0.375. The summed E-state index contributed by atoms with van der Waals surface area (Å²) in [5.41, 5.74) is 0.890. The molecule has 0 atom stereocenters. The number of hydrogen-bond acceptors (Lipinski definition) is 5. The minimum Gasteiger partial charge on any atom is -0.330 e. The number of pyridine rings is 1. The van der Waals surface area contributed by atoms with Gasteiger partial charge < -0.3 is 14.8 Å². The van der Waals surface area contributed by atoms with Gasteiger partial charge in [0.15, 0.2) is 0 Å². The molecule has 1 aliphatic carbocycles. The topological polar surface area (TPSA) is 102 Å². The first-order chi connectivity index (χ1) is 17.0. The van der Waals surface area contributed by atoms with Crippen LogP contribution in [0.2, 0.25) is 0 Å².